The maximum atomic E-state index is 12.9. The molecule has 0 aliphatic carbocycles. The molecule has 0 atom stereocenters. The van der Waals surface area contributed by atoms with Gasteiger partial charge < -0.3 is 20.9 Å². The summed E-state index contributed by atoms with van der Waals surface area (Å²) in [7, 11) is -2.27. The zero-order chi connectivity index (χ0) is 25.5. The summed E-state index contributed by atoms with van der Waals surface area (Å²) in [5, 5.41) is 19.9. The molecule has 0 fully saturated rings. The predicted octanol–water partition coefficient (Wildman–Crippen LogP) is 3.10. The van der Waals surface area contributed by atoms with E-state index < -0.39 is 22.0 Å². The fraction of sp³-hybridized carbons (Fsp3) is 0.0870. The highest BCUT2D eigenvalue weighted by Crippen LogP contribution is 2.33. The van der Waals surface area contributed by atoms with Crippen LogP contribution in [0.25, 0.3) is 11.1 Å². The molecule has 11 heteroatoms. The average Bonchev–Trinajstić information content (AvgIpc) is 2.77. The second-order valence-corrected chi connectivity index (χ2v) is 8.38. The van der Waals surface area contributed by atoms with Crippen LogP contribution < -0.4 is 15.8 Å². The van der Waals surface area contributed by atoms with Crippen molar-refractivity contribution in [1.29, 1.82) is 5.41 Å². The number of carboxylic acids is 1. The van der Waals surface area contributed by atoms with Gasteiger partial charge in [-0.05, 0) is 42.0 Å². The molecule has 0 unspecified atom stereocenters. The lowest BCUT2D eigenvalue weighted by atomic mass is 9.94. The lowest BCUT2D eigenvalue weighted by Gasteiger charge is -2.14. The van der Waals surface area contributed by atoms with Gasteiger partial charge in [-0.2, -0.15) is 8.42 Å². The number of hydrogen-bond acceptors (Lipinski definition) is 6. The molecule has 34 heavy (non-hydrogen) atoms. The largest absolute Gasteiger partial charge is 0.496 e. The number of amides is 1. The number of nitrogens with two attached hydrogens (primary N) is 1. The number of rotatable bonds is 6. The molecule has 0 aliphatic rings. The number of ether oxygens (including phenoxy) is 1. The number of nitrogens with one attached hydrogen (secondary N) is 2. The minimum absolute atomic E-state index is 0.0129. The van der Waals surface area contributed by atoms with E-state index >= 15 is 0 Å². The Bertz CT molecular complexity index is 1310. The highest BCUT2D eigenvalue weighted by Gasteiger charge is 2.21. The van der Waals surface area contributed by atoms with Gasteiger partial charge in [0.2, 0.25) is 0 Å². The molecule has 0 saturated carbocycles. The van der Waals surface area contributed by atoms with Crippen molar-refractivity contribution in [2.45, 2.75) is 0 Å². The van der Waals surface area contributed by atoms with Crippen molar-refractivity contribution in [3.05, 3.63) is 83.4 Å². The molecule has 0 radical (unpaired) electrons. The lowest BCUT2D eigenvalue weighted by Crippen LogP contribution is -2.15. The summed E-state index contributed by atoms with van der Waals surface area (Å²) in [6, 6.07) is 18.2. The van der Waals surface area contributed by atoms with Crippen LogP contribution in [-0.4, -0.2) is 49.2 Å². The lowest BCUT2D eigenvalue weighted by molar-refractivity contribution is 0.0694. The fourth-order valence-electron chi connectivity index (χ4n) is 2.99. The first kappa shape index (κ1) is 26.0. The standard InChI is InChI=1S/C22H19N3O4.CH4O3S/c1-29-18-8-4-7-16(19(18)22(27)28)15-5-2-3-6-17(15)21(26)25-14-11-9-13(10-12-14)20(23)24;1-5(2,3)4/h2-12H,1H3,(H3,23,24)(H,25,26)(H,27,28);1H3,(H,2,3,4). The number of hydrogen-bond donors (Lipinski definition) is 5. The molecule has 0 saturated heterocycles. The van der Waals surface area contributed by atoms with Crippen LogP contribution in [0.1, 0.15) is 26.3 Å². The highest BCUT2D eigenvalue weighted by molar-refractivity contribution is 7.85. The molecule has 3 aromatic carbocycles. The van der Waals surface area contributed by atoms with Gasteiger partial charge in [0.25, 0.3) is 16.0 Å². The fourth-order valence-corrected chi connectivity index (χ4v) is 2.99. The summed E-state index contributed by atoms with van der Waals surface area (Å²) in [4.78, 5) is 24.7. The molecule has 0 spiro atoms. The van der Waals surface area contributed by atoms with Crippen molar-refractivity contribution in [3.8, 4) is 16.9 Å². The van der Waals surface area contributed by atoms with Crippen molar-refractivity contribution in [1.82, 2.24) is 0 Å². The number of anilines is 1. The Hall–Kier alpha value is -4.22. The predicted molar refractivity (Wildman–Crippen MR) is 128 cm³/mol. The maximum Gasteiger partial charge on any atom is 0.340 e. The highest BCUT2D eigenvalue weighted by atomic mass is 32.2. The summed E-state index contributed by atoms with van der Waals surface area (Å²) < 4.78 is 31.1. The first-order chi connectivity index (χ1) is 15.9. The first-order valence-corrected chi connectivity index (χ1v) is 11.4. The van der Waals surface area contributed by atoms with E-state index in [4.69, 9.17) is 20.4 Å². The van der Waals surface area contributed by atoms with Crippen LogP contribution in [0.5, 0.6) is 5.75 Å². The molecule has 0 aromatic heterocycles. The summed E-state index contributed by atoms with van der Waals surface area (Å²) in [5.41, 5.74) is 7.68. The zero-order valence-corrected chi connectivity index (χ0v) is 19.1. The Morgan fingerprint density at radius 3 is 2.06 bits per heavy atom. The number of benzene rings is 3. The van der Waals surface area contributed by atoms with Crippen LogP contribution in [0.2, 0.25) is 0 Å². The quantitative estimate of drug-likeness (QED) is 0.201. The van der Waals surface area contributed by atoms with Crippen LogP contribution in [0.3, 0.4) is 0 Å². The molecule has 0 bridgehead atoms. The van der Waals surface area contributed by atoms with E-state index in [-0.39, 0.29) is 17.1 Å². The molecule has 3 aromatic rings. The monoisotopic (exact) mass is 485 g/mol. The van der Waals surface area contributed by atoms with Crippen molar-refractivity contribution in [2.24, 2.45) is 5.73 Å². The second-order valence-electron chi connectivity index (χ2n) is 6.91. The van der Waals surface area contributed by atoms with Crippen LogP contribution in [0.4, 0.5) is 5.69 Å². The molecular formula is C23H23N3O7S. The van der Waals surface area contributed by atoms with Crippen molar-refractivity contribution < 1.29 is 32.4 Å². The van der Waals surface area contributed by atoms with Crippen LogP contribution in [-0.2, 0) is 10.1 Å². The van der Waals surface area contributed by atoms with Gasteiger partial charge in [-0.1, -0.05) is 30.3 Å². The minimum atomic E-state index is -3.67. The summed E-state index contributed by atoms with van der Waals surface area (Å²) in [6.45, 7) is 0. The number of nitrogen functional groups attached to an aromatic ring is 1. The average molecular weight is 486 g/mol. The third-order valence-electron chi connectivity index (χ3n) is 4.38. The van der Waals surface area contributed by atoms with Gasteiger partial charge >= 0.3 is 5.97 Å². The van der Waals surface area contributed by atoms with Crippen molar-refractivity contribution >= 4 is 33.5 Å². The molecular weight excluding hydrogens is 462 g/mol. The molecule has 0 aliphatic heterocycles. The van der Waals surface area contributed by atoms with E-state index in [1.165, 1.54) is 7.11 Å². The Morgan fingerprint density at radius 2 is 1.53 bits per heavy atom. The van der Waals surface area contributed by atoms with Crippen LogP contribution >= 0.6 is 0 Å². The molecule has 10 nitrogen and oxygen atoms in total. The topological polar surface area (TPSA) is 180 Å². The summed E-state index contributed by atoms with van der Waals surface area (Å²) in [5.74, 6) is -1.39. The molecule has 178 valence electrons. The smallest absolute Gasteiger partial charge is 0.340 e. The van der Waals surface area contributed by atoms with Gasteiger partial charge in [-0.3, -0.25) is 14.8 Å². The van der Waals surface area contributed by atoms with Gasteiger partial charge in [0.1, 0.15) is 17.1 Å². The number of aromatic carboxylic acids is 1. The van der Waals surface area contributed by atoms with Crippen LogP contribution in [0.15, 0.2) is 66.7 Å². The van der Waals surface area contributed by atoms with Crippen LogP contribution in [0, 0.1) is 5.41 Å². The number of carboxylic acid groups (broad SMARTS) is 1. The Kier molecular flexibility index (Phi) is 8.48. The maximum absolute atomic E-state index is 12.9. The van der Waals surface area contributed by atoms with E-state index in [0.717, 1.165) is 0 Å². The van der Waals surface area contributed by atoms with E-state index in [0.29, 0.717) is 34.2 Å². The van der Waals surface area contributed by atoms with Gasteiger partial charge in [0, 0.05) is 22.4 Å². The number of carbonyl (C=O) groups is 2. The molecule has 6 N–H and O–H groups in total. The summed E-state index contributed by atoms with van der Waals surface area (Å²) in [6.07, 6.45) is 0.715. The number of amidine groups is 1. The third kappa shape index (κ3) is 7.15. The second kappa shape index (κ2) is 11.1. The first-order valence-electron chi connectivity index (χ1n) is 9.60. The van der Waals surface area contributed by atoms with Crippen molar-refractivity contribution in [3.63, 3.8) is 0 Å². The van der Waals surface area contributed by atoms with Gasteiger partial charge in [0.15, 0.2) is 0 Å². The normalized spacial score (nSPS) is 10.4. The third-order valence-corrected chi connectivity index (χ3v) is 4.38. The van der Waals surface area contributed by atoms with E-state index in [1.54, 1.807) is 66.7 Å². The zero-order valence-electron chi connectivity index (χ0n) is 18.3. The Labute approximate surface area is 196 Å². The number of carbonyl (C=O) groups excluding carboxylic acids is 1. The van der Waals surface area contributed by atoms with Gasteiger partial charge in [-0.25, -0.2) is 4.79 Å². The molecule has 1 amide bonds. The van der Waals surface area contributed by atoms with Crippen molar-refractivity contribution in [2.75, 3.05) is 18.7 Å². The molecule has 3 rings (SSSR count). The number of methoxy groups -OCH3 is 1. The van der Waals surface area contributed by atoms with Gasteiger partial charge in [0.05, 0.1) is 13.4 Å². The molecule has 0 heterocycles. The van der Waals surface area contributed by atoms with E-state index in [2.05, 4.69) is 5.32 Å². The Balaban J connectivity index is 0.000000739. The van der Waals surface area contributed by atoms with Gasteiger partial charge in [-0.15, -0.1) is 0 Å². The van der Waals surface area contributed by atoms with E-state index in [9.17, 15) is 23.1 Å². The van der Waals surface area contributed by atoms with E-state index in [1.807, 2.05) is 0 Å². The summed E-state index contributed by atoms with van der Waals surface area (Å²) >= 11 is 0. The SMILES string of the molecule is COc1cccc(-c2ccccc2C(=O)Nc2ccc(C(=N)N)cc2)c1C(=O)O.CS(=O)(=O)O. The minimum Gasteiger partial charge on any atom is -0.496 e. The Morgan fingerprint density at radius 1 is 0.971 bits per heavy atom.